The van der Waals surface area contributed by atoms with Gasteiger partial charge in [-0.15, -0.1) is 0 Å². The average Bonchev–Trinajstić information content (AvgIpc) is 2.50. The van der Waals surface area contributed by atoms with Crippen LogP contribution in [0.3, 0.4) is 0 Å². The van der Waals surface area contributed by atoms with E-state index in [9.17, 15) is 0 Å². The molecular weight excluding hydrogens is 254 g/mol. The van der Waals surface area contributed by atoms with Crippen LogP contribution < -0.4 is 5.32 Å². The van der Waals surface area contributed by atoms with Crippen molar-refractivity contribution in [3.63, 3.8) is 0 Å². The Morgan fingerprint density at radius 2 is 1.19 bits per heavy atom. The first-order chi connectivity index (χ1) is 10.3. The lowest BCUT2D eigenvalue weighted by atomic mass is 9.81. The van der Waals surface area contributed by atoms with Crippen LogP contribution in [0.4, 0.5) is 0 Å². The molecular formula is C20H37N. The fourth-order valence-electron chi connectivity index (χ4n) is 3.32. The lowest BCUT2D eigenvalue weighted by Gasteiger charge is -2.27. The molecule has 0 saturated heterocycles. The molecule has 0 fully saturated rings. The van der Waals surface area contributed by atoms with Gasteiger partial charge in [-0.25, -0.2) is 0 Å². The maximum absolute atomic E-state index is 3.44. The Bertz CT molecular complexity index is 288. The summed E-state index contributed by atoms with van der Waals surface area (Å²) in [5.74, 6) is 0.742. The van der Waals surface area contributed by atoms with E-state index in [-0.39, 0.29) is 0 Å². The van der Waals surface area contributed by atoms with Crippen LogP contribution >= 0.6 is 0 Å². The van der Waals surface area contributed by atoms with Crippen LogP contribution in [0, 0.1) is 5.92 Å². The highest BCUT2D eigenvalue weighted by Crippen LogP contribution is 2.34. The molecule has 1 aliphatic heterocycles. The molecule has 0 saturated carbocycles. The minimum atomic E-state index is 0.742. The van der Waals surface area contributed by atoms with Crippen LogP contribution in [-0.2, 0) is 0 Å². The van der Waals surface area contributed by atoms with Crippen molar-refractivity contribution in [3.05, 3.63) is 23.5 Å². The van der Waals surface area contributed by atoms with E-state index in [4.69, 9.17) is 0 Å². The molecule has 0 spiro atoms. The fourth-order valence-corrected chi connectivity index (χ4v) is 3.32. The number of rotatable bonds is 12. The van der Waals surface area contributed by atoms with E-state index in [1.165, 1.54) is 77.0 Å². The maximum Gasteiger partial charge on any atom is 0.00417 e. The Morgan fingerprint density at radius 3 is 1.67 bits per heavy atom. The highest BCUT2D eigenvalue weighted by atomic mass is 14.8. The predicted octanol–water partition coefficient (Wildman–Crippen LogP) is 6.71. The molecule has 0 atom stereocenters. The molecule has 0 aromatic carbocycles. The maximum atomic E-state index is 3.44. The highest BCUT2D eigenvalue weighted by molar-refractivity contribution is 5.25. The number of unbranched alkanes of at least 4 members (excludes halogenated alkanes) is 6. The summed E-state index contributed by atoms with van der Waals surface area (Å²) in [7, 11) is 0. The lowest BCUT2D eigenvalue weighted by molar-refractivity contribution is 0.515. The molecule has 0 aromatic heterocycles. The first-order valence-electron chi connectivity index (χ1n) is 9.47. The van der Waals surface area contributed by atoms with Crippen LogP contribution in [-0.4, -0.2) is 0 Å². The van der Waals surface area contributed by atoms with Crippen LogP contribution in [0.2, 0.25) is 0 Å². The Hall–Kier alpha value is -0.720. The molecule has 21 heavy (non-hydrogen) atoms. The third-order valence-electron chi connectivity index (χ3n) is 4.67. The van der Waals surface area contributed by atoms with Gasteiger partial charge < -0.3 is 5.32 Å². The van der Waals surface area contributed by atoms with Gasteiger partial charge >= 0.3 is 0 Å². The first-order valence-corrected chi connectivity index (χ1v) is 9.47. The van der Waals surface area contributed by atoms with Crippen LogP contribution in [0.1, 0.15) is 97.8 Å². The monoisotopic (exact) mass is 291 g/mol. The number of nitrogens with one attached hydrogen (secondary N) is 1. The van der Waals surface area contributed by atoms with Gasteiger partial charge in [0.05, 0.1) is 0 Å². The molecule has 0 unspecified atom stereocenters. The van der Waals surface area contributed by atoms with Gasteiger partial charge in [0.2, 0.25) is 0 Å². The topological polar surface area (TPSA) is 12.0 Å². The molecule has 1 heteroatoms. The molecule has 1 aliphatic rings. The molecule has 0 aliphatic carbocycles. The molecule has 122 valence electrons. The van der Waals surface area contributed by atoms with Crippen molar-refractivity contribution in [3.8, 4) is 0 Å². The molecule has 1 N–H and O–H groups in total. The molecule has 1 rings (SSSR count). The number of hydrogen-bond acceptors (Lipinski definition) is 1. The van der Waals surface area contributed by atoms with E-state index in [0.29, 0.717) is 0 Å². The summed E-state index contributed by atoms with van der Waals surface area (Å²) in [4.78, 5) is 0. The quantitative estimate of drug-likeness (QED) is 0.394. The van der Waals surface area contributed by atoms with E-state index in [2.05, 4.69) is 38.5 Å². The standard InChI is InChI=1S/C20H37N/c1-4-7-10-13-18-16-21-17-19(14-11-8-5-2)20(18)15-12-9-6-3/h16-17,20-21H,4-15H2,1-3H3. The van der Waals surface area contributed by atoms with Crippen LogP contribution in [0.15, 0.2) is 23.5 Å². The van der Waals surface area contributed by atoms with Gasteiger partial charge in [0.1, 0.15) is 0 Å². The van der Waals surface area contributed by atoms with E-state index in [1.54, 1.807) is 11.1 Å². The zero-order valence-electron chi connectivity index (χ0n) is 14.7. The van der Waals surface area contributed by atoms with Crippen molar-refractivity contribution in [1.29, 1.82) is 0 Å². The zero-order chi connectivity index (χ0) is 15.3. The SMILES string of the molecule is CCCCCC1=CNC=C(CCCCC)C1CCCCC. The van der Waals surface area contributed by atoms with Gasteiger partial charge in [-0.3, -0.25) is 0 Å². The van der Waals surface area contributed by atoms with Gasteiger partial charge in [0.15, 0.2) is 0 Å². The summed E-state index contributed by atoms with van der Waals surface area (Å²) in [5, 5.41) is 3.44. The molecule has 1 heterocycles. The summed E-state index contributed by atoms with van der Waals surface area (Å²) >= 11 is 0. The molecule has 0 aromatic rings. The van der Waals surface area contributed by atoms with E-state index < -0.39 is 0 Å². The van der Waals surface area contributed by atoms with Crippen molar-refractivity contribution in [2.75, 3.05) is 0 Å². The summed E-state index contributed by atoms with van der Waals surface area (Å²) in [6.07, 6.45) is 20.7. The summed E-state index contributed by atoms with van der Waals surface area (Å²) in [5.41, 5.74) is 3.35. The summed E-state index contributed by atoms with van der Waals surface area (Å²) in [6, 6.07) is 0. The van der Waals surface area contributed by atoms with Crippen LogP contribution in [0.25, 0.3) is 0 Å². The third-order valence-corrected chi connectivity index (χ3v) is 4.67. The number of hydrogen-bond donors (Lipinski definition) is 1. The average molecular weight is 292 g/mol. The second-order valence-electron chi connectivity index (χ2n) is 6.57. The third kappa shape index (κ3) is 7.20. The van der Waals surface area contributed by atoms with Gasteiger partial charge in [0, 0.05) is 18.3 Å². The molecule has 1 nitrogen and oxygen atoms in total. The summed E-state index contributed by atoms with van der Waals surface area (Å²) < 4.78 is 0. The van der Waals surface area contributed by atoms with Crippen molar-refractivity contribution in [1.82, 2.24) is 5.32 Å². The first kappa shape index (κ1) is 18.3. The van der Waals surface area contributed by atoms with Gasteiger partial charge in [-0.1, -0.05) is 65.7 Å². The molecule has 0 amide bonds. The van der Waals surface area contributed by atoms with Crippen molar-refractivity contribution < 1.29 is 0 Å². The van der Waals surface area contributed by atoms with E-state index in [1.807, 2.05) is 0 Å². The lowest BCUT2D eigenvalue weighted by Crippen LogP contribution is -2.18. The van der Waals surface area contributed by atoms with Crippen molar-refractivity contribution in [2.45, 2.75) is 97.8 Å². The van der Waals surface area contributed by atoms with Crippen LogP contribution in [0.5, 0.6) is 0 Å². The smallest absolute Gasteiger partial charge is 0.00417 e. The van der Waals surface area contributed by atoms with E-state index in [0.717, 1.165) is 5.92 Å². The van der Waals surface area contributed by atoms with Crippen molar-refractivity contribution >= 4 is 0 Å². The largest absolute Gasteiger partial charge is 0.368 e. The molecule has 0 radical (unpaired) electrons. The van der Waals surface area contributed by atoms with Gasteiger partial charge in [0.25, 0.3) is 0 Å². The molecule has 0 bridgehead atoms. The minimum absolute atomic E-state index is 0.742. The van der Waals surface area contributed by atoms with Crippen molar-refractivity contribution in [2.24, 2.45) is 5.92 Å². The normalized spacial score (nSPS) is 15.6. The summed E-state index contributed by atoms with van der Waals surface area (Å²) in [6.45, 7) is 6.89. The second-order valence-corrected chi connectivity index (χ2v) is 6.57. The van der Waals surface area contributed by atoms with Gasteiger partial charge in [-0.2, -0.15) is 0 Å². The Kier molecular flexibility index (Phi) is 10.4. The Labute approximate surface area is 133 Å². The number of dihydropyridines is 1. The minimum Gasteiger partial charge on any atom is -0.368 e. The second kappa shape index (κ2) is 11.9. The Morgan fingerprint density at radius 1 is 0.714 bits per heavy atom. The van der Waals surface area contributed by atoms with E-state index >= 15 is 0 Å². The Balaban J connectivity index is 2.56. The van der Waals surface area contributed by atoms with Gasteiger partial charge in [-0.05, 0) is 43.3 Å². The predicted molar refractivity (Wildman–Crippen MR) is 95.2 cm³/mol. The highest BCUT2D eigenvalue weighted by Gasteiger charge is 2.20. The zero-order valence-corrected chi connectivity index (χ0v) is 14.7. The number of allylic oxidation sites excluding steroid dienone is 2. The fraction of sp³-hybridized carbons (Fsp3) is 0.800.